The van der Waals surface area contributed by atoms with E-state index < -0.39 is 28.2 Å². The smallest absolute Gasteiger partial charge is 0.304 e. The molecule has 1 aromatic rings. The summed E-state index contributed by atoms with van der Waals surface area (Å²) in [6.07, 6.45) is 0.882. The van der Waals surface area contributed by atoms with E-state index in [1.807, 2.05) is 0 Å². The Morgan fingerprint density at radius 2 is 2.25 bits per heavy atom. The van der Waals surface area contributed by atoms with Gasteiger partial charge in [-0.1, -0.05) is 11.6 Å². The minimum absolute atomic E-state index is 0.0675. The average Bonchev–Trinajstić information content (AvgIpc) is 2.14. The van der Waals surface area contributed by atoms with Gasteiger partial charge in [0.15, 0.2) is 0 Å². The molecule has 1 aromatic heterocycles. The zero-order chi connectivity index (χ0) is 12.2. The molecule has 0 aliphatic rings. The van der Waals surface area contributed by atoms with Crippen LogP contribution in [0.25, 0.3) is 0 Å². The molecule has 16 heavy (non-hydrogen) atoms. The van der Waals surface area contributed by atoms with Crippen molar-refractivity contribution in [3.8, 4) is 0 Å². The lowest BCUT2D eigenvalue weighted by Crippen LogP contribution is -2.19. The van der Waals surface area contributed by atoms with Crippen LogP contribution in [0.5, 0.6) is 0 Å². The highest BCUT2D eigenvalue weighted by atomic mass is 35.5. The largest absolute Gasteiger partial charge is 0.481 e. The Morgan fingerprint density at radius 1 is 1.56 bits per heavy atom. The van der Waals surface area contributed by atoms with Gasteiger partial charge < -0.3 is 5.11 Å². The molecule has 0 saturated carbocycles. The topological polar surface area (TPSA) is 96.4 Å². The number of nitrogens with one attached hydrogen (secondary N) is 1. The fourth-order valence-electron chi connectivity index (χ4n) is 0.893. The summed E-state index contributed by atoms with van der Waals surface area (Å²) < 4.78 is 24.8. The van der Waals surface area contributed by atoms with Crippen molar-refractivity contribution < 1.29 is 18.3 Å². The number of anilines is 1. The number of carbonyl (C=O) groups is 1. The van der Waals surface area contributed by atoms with Crippen LogP contribution in [-0.2, 0) is 14.8 Å². The number of rotatable bonds is 5. The monoisotopic (exact) mass is 264 g/mol. The van der Waals surface area contributed by atoms with Crippen LogP contribution in [-0.4, -0.2) is 30.2 Å². The second-order valence-corrected chi connectivity index (χ2v) is 5.20. The number of pyridine rings is 1. The summed E-state index contributed by atoms with van der Waals surface area (Å²) in [5.74, 6) is -1.61. The van der Waals surface area contributed by atoms with Crippen LogP contribution in [0.2, 0.25) is 5.02 Å². The first kappa shape index (κ1) is 12.7. The van der Waals surface area contributed by atoms with Gasteiger partial charge in [-0.25, -0.2) is 13.4 Å². The first-order valence-corrected chi connectivity index (χ1v) is 6.26. The van der Waals surface area contributed by atoms with Gasteiger partial charge in [-0.2, -0.15) is 0 Å². The zero-order valence-electron chi connectivity index (χ0n) is 8.05. The molecule has 0 unspecified atom stereocenters. The van der Waals surface area contributed by atoms with Crippen molar-refractivity contribution in [1.29, 1.82) is 0 Å². The molecule has 0 aliphatic carbocycles. The van der Waals surface area contributed by atoms with Crippen LogP contribution in [0.1, 0.15) is 6.42 Å². The highest BCUT2D eigenvalue weighted by Crippen LogP contribution is 2.13. The predicted molar refractivity (Wildman–Crippen MR) is 58.9 cm³/mol. The quantitative estimate of drug-likeness (QED) is 0.825. The van der Waals surface area contributed by atoms with Crippen LogP contribution >= 0.6 is 11.6 Å². The summed E-state index contributed by atoms with van der Waals surface area (Å²) in [6.45, 7) is 0. The lowest BCUT2D eigenvalue weighted by Gasteiger charge is -2.05. The molecule has 0 bridgehead atoms. The number of hydrogen-bond donors (Lipinski definition) is 2. The van der Waals surface area contributed by atoms with Gasteiger partial charge in [-0.15, -0.1) is 0 Å². The molecule has 6 nitrogen and oxygen atoms in total. The molecule has 0 spiro atoms. The summed E-state index contributed by atoms with van der Waals surface area (Å²) in [7, 11) is -3.70. The Hall–Kier alpha value is -1.34. The average molecular weight is 265 g/mol. The standard InChI is InChI=1S/C8H9ClN2O4S/c9-6-1-3-10-7(5-6)11-16(14,15)4-2-8(12)13/h1,3,5H,2,4H2,(H,10,11)(H,12,13). The van der Waals surface area contributed by atoms with Crippen LogP contribution in [0.15, 0.2) is 18.3 Å². The van der Waals surface area contributed by atoms with Gasteiger partial charge in [0.1, 0.15) is 5.82 Å². The SMILES string of the molecule is O=C(O)CCS(=O)(=O)Nc1cc(Cl)ccn1. The molecule has 0 fully saturated rings. The molecule has 0 aromatic carbocycles. The van der Waals surface area contributed by atoms with E-state index in [1.54, 1.807) is 0 Å². The molecule has 0 atom stereocenters. The van der Waals surface area contributed by atoms with Crippen molar-refractivity contribution >= 4 is 33.4 Å². The number of hydrogen-bond acceptors (Lipinski definition) is 4. The maximum absolute atomic E-state index is 11.4. The highest BCUT2D eigenvalue weighted by Gasteiger charge is 2.13. The molecule has 2 N–H and O–H groups in total. The number of aromatic nitrogens is 1. The first-order chi connectivity index (χ1) is 7.39. The van der Waals surface area contributed by atoms with Crippen LogP contribution in [0, 0.1) is 0 Å². The Labute approximate surface area is 97.3 Å². The lowest BCUT2D eigenvalue weighted by atomic mass is 10.5. The fourth-order valence-corrected chi connectivity index (χ4v) is 2.03. The Kier molecular flexibility index (Phi) is 4.08. The Balaban J connectivity index is 2.69. The first-order valence-electron chi connectivity index (χ1n) is 4.23. The third-order valence-corrected chi connectivity index (χ3v) is 3.06. The van der Waals surface area contributed by atoms with Gasteiger partial charge in [-0.3, -0.25) is 9.52 Å². The van der Waals surface area contributed by atoms with Crippen LogP contribution < -0.4 is 4.72 Å². The number of nitrogens with zero attached hydrogens (tertiary/aromatic N) is 1. The van der Waals surface area contributed by atoms with Crippen molar-refractivity contribution in [2.45, 2.75) is 6.42 Å². The lowest BCUT2D eigenvalue weighted by molar-refractivity contribution is -0.136. The summed E-state index contributed by atoms with van der Waals surface area (Å²) in [4.78, 5) is 14.0. The summed E-state index contributed by atoms with van der Waals surface area (Å²) in [5.41, 5.74) is 0. The molecule has 0 amide bonds. The molecular formula is C8H9ClN2O4S. The minimum Gasteiger partial charge on any atom is -0.481 e. The van der Waals surface area contributed by atoms with Crippen molar-refractivity contribution in [2.24, 2.45) is 0 Å². The highest BCUT2D eigenvalue weighted by molar-refractivity contribution is 7.92. The predicted octanol–water partition coefficient (Wildman–Crippen LogP) is 0.951. The van der Waals surface area contributed by atoms with E-state index in [-0.39, 0.29) is 5.82 Å². The molecule has 1 rings (SSSR count). The van der Waals surface area contributed by atoms with Crippen molar-refractivity contribution in [1.82, 2.24) is 4.98 Å². The van der Waals surface area contributed by atoms with E-state index in [9.17, 15) is 13.2 Å². The van der Waals surface area contributed by atoms with Crippen LogP contribution in [0.4, 0.5) is 5.82 Å². The number of sulfonamides is 1. The Bertz CT molecular complexity index is 489. The summed E-state index contributed by atoms with van der Waals surface area (Å²) >= 11 is 5.63. The van der Waals surface area contributed by atoms with E-state index in [0.29, 0.717) is 5.02 Å². The van der Waals surface area contributed by atoms with Gasteiger partial charge in [-0.05, 0) is 6.07 Å². The molecule has 1 heterocycles. The van der Waals surface area contributed by atoms with Gasteiger partial charge in [0.05, 0.1) is 12.2 Å². The third-order valence-electron chi connectivity index (χ3n) is 1.57. The summed E-state index contributed by atoms with van der Waals surface area (Å²) in [6, 6.07) is 2.83. The van der Waals surface area contributed by atoms with Crippen molar-refractivity contribution in [3.05, 3.63) is 23.4 Å². The second-order valence-electron chi connectivity index (χ2n) is 2.92. The second kappa shape index (κ2) is 5.13. The zero-order valence-corrected chi connectivity index (χ0v) is 9.62. The van der Waals surface area contributed by atoms with E-state index in [4.69, 9.17) is 16.7 Å². The molecule has 0 aliphatic heterocycles. The normalized spacial score (nSPS) is 11.1. The number of carboxylic acids is 1. The molecule has 8 heteroatoms. The van der Waals surface area contributed by atoms with Crippen molar-refractivity contribution in [3.63, 3.8) is 0 Å². The maximum Gasteiger partial charge on any atom is 0.304 e. The van der Waals surface area contributed by atoms with E-state index in [1.165, 1.54) is 18.3 Å². The van der Waals surface area contributed by atoms with Gasteiger partial charge in [0, 0.05) is 17.3 Å². The van der Waals surface area contributed by atoms with E-state index in [0.717, 1.165) is 0 Å². The number of halogens is 1. The minimum atomic E-state index is -3.70. The third kappa shape index (κ3) is 4.45. The van der Waals surface area contributed by atoms with Gasteiger partial charge in [0.25, 0.3) is 0 Å². The number of aliphatic carboxylic acids is 1. The fraction of sp³-hybridized carbons (Fsp3) is 0.250. The van der Waals surface area contributed by atoms with E-state index in [2.05, 4.69) is 9.71 Å². The molecule has 0 radical (unpaired) electrons. The van der Waals surface area contributed by atoms with Gasteiger partial charge >= 0.3 is 5.97 Å². The Morgan fingerprint density at radius 3 is 2.81 bits per heavy atom. The molecule has 0 saturated heterocycles. The van der Waals surface area contributed by atoms with Crippen molar-refractivity contribution in [2.75, 3.05) is 10.5 Å². The maximum atomic E-state index is 11.4. The molecule has 88 valence electrons. The summed E-state index contributed by atoms with van der Waals surface area (Å²) in [5, 5.41) is 8.70. The molecular weight excluding hydrogens is 256 g/mol. The van der Waals surface area contributed by atoms with Gasteiger partial charge in [0.2, 0.25) is 10.0 Å². The number of carboxylic acid groups (broad SMARTS) is 1. The van der Waals surface area contributed by atoms with E-state index >= 15 is 0 Å². The van der Waals surface area contributed by atoms with Crippen LogP contribution in [0.3, 0.4) is 0 Å².